The van der Waals surface area contributed by atoms with Crippen LogP contribution >= 0.6 is 0 Å². The largest absolute Gasteiger partial charge is 0.346 e. The Morgan fingerprint density at radius 3 is 2.68 bits per heavy atom. The summed E-state index contributed by atoms with van der Waals surface area (Å²) in [6, 6.07) is 7.38. The first-order valence-corrected chi connectivity index (χ1v) is 7.38. The molecule has 1 heterocycles. The van der Waals surface area contributed by atoms with Crippen molar-refractivity contribution in [3.63, 3.8) is 0 Å². The summed E-state index contributed by atoms with van der Waals surface area (Å²) in [5.74, 6) is -0.681. The normalized spacial score (nSPS) is 19.2. The lowest BCUT2D eigenvalue weighted by Crippen LogP contribution is -2.46. The van der Waals surface area contributed by atoms with Crippen LogP contribution in [0.15, 0.2) is 24.3 Å². The number of hydrogen-bond acceptors (Lipinski definition) is 5. The summed E-state index contributed by atoms with van der Waals surface area (Å²) in [5.41, 5.74) is 2.27. The summed E-state index contributed by atoms with van der Waals surface area (Å²) >= 11 is 0. The van der Waals surface area contributed by atoms with Crippen LogP contribution in [0.2, 0.25) is 0 Å². The van der Waals surface area contributed by atoms with Gasteiger partial charge in [-0.25, -0.2) is 4.79 Å². The first-order valence-electron chi connectivity index (χ1n) is 6.29. The molecule has 1 aromatic rings. The highest BCUT2D eigenvalue weighted by molar-refractivity contribution is 7.67. The molecule has 0 fully saturated rings. The van der Waals surface area contributed by atoms with E-state index in [2.05, 4.69) is 4.18 Å². The van der Waals surface area contributed by atoms with E-state index in [1.807, 2.05) is 36.1 Å². The summed E-state index contributed by atoms with van der Waals surface area (Å²) in [6.07, 6.45) is 1.40. The Balaban J connectivity index is 2.23. The van der Waals surface area contributed by atoms with Gasteiger partial charge in [0.1, 0.15) is 6.04 Å². The summed E-state index contributed by atoms with van der Waals surface area (Å²) in [4.78, 5) is 13.8. The summed E-state index contributed by atoms with van der Waals surface area (Å²) in [6.45, 7) is 3.42. The third kappa shape index (κ3) is 3.33. The maximum Gasteiger partial charge on any atom is 0.339 e. The van der Waals surface area contributed by atoms with E-state index < -0.39 is 23.0 Å². The number of fused-ring (bicyclic) bond motifs is 1. The monoisotopic (exact) mass is 283 g/mol. The third-order valence-electron chi connectivity index (χ3n) is 3.29. The maximum atomic E-state index is 11.9. The predicted octanol–water partition coefficient (Wildman–Crippen LogP) is 0.893. The maximum absolute atomic E-state index is 11.9. The van der Waals surface area contributed by atoms with E-state index in [0.29, 0.717) is 13.0 Å². The number of rotatable bonds is 4. The summed E-state index contributed by atoms with van der Waals surface area (Å²) < 4.78 is 25.4. The van der Waals surface area contributed by atoms with Crippen LogP contribution in [0.4, 0.5) is 0 Å². The van der Waals surface area contributed by atoms with Crippen molar-refractivity contribution in [1.29, 1.82) is 0 Å². The van der Waals surface area contributed by atoms with E-state index in [-0.39, 0.29) is 0 Å². The average molecular weight is 283 g/mol. The molecule has 104 valence electrons. The van der Waals surface area contributed by atoms with Crippen molar-refractivity contribution in [2.45, 2.75) is 32.4 Å². The van der Waals surface area contributed by atoms with Crippen molar-refractivity contribution in [1.82, 2.24) is 4.90 Å². The van der Waals surface area contributed by atoms with Gasteiger partial charge in [0.05, 0.1) is 0 Å². The first-order chi connectivity index (χ1) is 9.11. The minimum Gasteiger partial charge on any atom is -0.346 e. The third-order valence-corrected chi connectivity index (χ3v) is 3.62. The Morgan fingerprint density at radius 2 is 2.05 bits per heavy atom. The second-order valence-corrected chi connectivity index (χ2v) is 5.22. The molecule has 2 rings (SSSR count). The minimum atomic E-state index is -3.14. The molecular weight excluding hydrogens is 266 g/mol. The van der Waals surface area contributed by atoms with Crippen molar-refractivity contribution in [2.24, 2.45) is 0 Å². The molecule has 0 saturated heterocycles. The molecule has 5 nitrogen and oxygen atoms in total. The van der Waals surface area contributed by atoms with Crippen molar-refractivity contribution in [2.75, 3.05) is 6.54 Å². The Morgan fingerprint density at radius 1 is 1.37 bits per heavy atom. The zero-order valence-electron chi connectivity index (χ0n) is 10.7. The minimum absolute atomic E-state index is 0.498. The fourth-order valence-electron chi connectivity index (χ4n) is 2.47. The number of benzene rings is 1. The van der Waals surface area contributed by atoms with Crippen LogP contribution in [0.3, 0.4) is 0 Å². The number of carbonyl (C=O) groups is 1. The lowest BCUT2D eigenvalue weighted by molar-refractivity contribution is -0.140. The van der Waals surface area contributed by atoms with Crippen LogP contribution in [0.5, 0.6) is 0 Å². The SMILES string of the molecule is CCCN1Cc2ccccc2CC1C(=O)O[SH](=O)=O. The van der Waals surface area contributed by atoms with Gasteiger partial charge in [-0.1, -0.05) is 31.2 Å². The van der Waals surface area contributed by atoms with Crippen molar-refractivity contribution in [3.8, 4) is 0 Å². The van der Waals surface area contributed by atoms with Gasteiger partial charge in [-0.3, -0.25) is 4.90 Å². The molecule has 0 spiro atoms. The second-order valence-electron chi connectivity index (χ2n) is 4.59. The molecule has 1 unspecified atom stereocenters. The zero-order valence-corrected chi connectivity index (χ0v) is 11.6. The molecule has 1 aromatic carbocycles. The average Bonchev–Trinajstić information content (AvgIpc) is 2.37. The molecule has 0 bridgehead atoms. The van der Waals surface area contributed by atoms with E-state index in [1.54, 1.807) is 0 Å². The molecule has 0 aliphatic carbocycles. The van der Waals surface area contributed by atoms with Crippen LogP contribution < -0.4 is 0 Å². The highest BCUT2D eigenvalue weighted by Gasteiger charge is 2.32. The fourth-order valence-corrected chi connectivity index (χ4v) is 2.73. The van der Waals surface area contributed by atoms with Gasteiger partial charge >= 0.3 is 17.0 Å². The lowest BCUT2D eigenvalue weighted by Gasteiger charge is -2.34. The van der Waals surface area contributed by atoms with Gasteiger partial charge in [-0.15, -0.1) is 0 Å². The van der Waals surface area contributed by atoms with Crippen LogP contribution in [0, 0.1) is 0 Å². The van der Waals surface area contributed by atoms with Crippen molar-refractivity contribution in [3.05, 3.63) is 35.4 Å². The number of nitrogens with zero attached hydrogens (tertiary/aromatic N) is 1. The molecule has 19 heavy (non-hydrogen) atoms. The van der Waals surface area contributed by atoms with Gasteiger partial charge in [0.25, 0.3) is 0 Å². The van der Waals surface area contributed by atoms with Gasteiger partial charge in [0, 0.05) is 6.54 Å². The van der Waals surface area contributed by atoms with E-state index in [9.17, 15) is 13.2 Å². The topological polar surface area (TPSA) is 63.7 Å². The predicted molar refractivity (Wildman–Crippen MR) is 71.0 cm³/mol. The number of thiol groups is 1. The van der Waals surface area contributed by atoms with E-state index in [4.69, 9.17) is 0 Å². The Hall–Kier alpha value is -1.40. The Kier molecular flexibility index (Phi) is 4.55. The molecule has 0 aromatic heterocycles. The van der Waals surface area contributed by atoms with Gasteiger partial charge in [-0.2, -0.15) is 8.42 Å². The first kappa shape index (κ1) is 14.0. The van der Waals surface area contributed by atoms with Crippen molar-refractivity contribution >= 4 is 17.0 Å². The van der Waals surface area contributed by atoms with E-state index in [1.165, 1.54) is 5.56 Å². The zero-order chi connectivity index (χ0) is 13.8. The fraction of sp³-hybridized carbons (Fsp3) is 0.462. The lowest BCUT2D eigenvalue weighted by atomic mass is 9.94. The highest BCUT2D eigenvalue weighted by Crippen LogP contribution is 2.24. The van der Waals surface area contributed by atoms with Crippen LogP contribution in [0.25, 0.3) is 0 Å². The van der Waals surface area contributed by atoms with Gasteiger partial charge in [0.2, 0.25) is 0 Å². The molecule has 0 saturated carbocycles. The van der Waals surface area contributed by atoms with Crippen LogP contribution in [0.1, 0.15) is 24.5 Å². The molecule has 6 heteroatoms. The smallest absolute Gasteiger partial charge is 0.339 e. The molecule has 0 N–H and O–H groups in total. The number of carbonyl (C=O) groups excluding carboxylic acids is 1. The van der Waals surface area contributed by atoms with Crippen molar-refractivity contribution < 1.29 is 17.4 Å². The molecule has 0 radical (unpaired) electrons. The molecule has 1 aliphatic rings. The molecule has 0 amide bonds. The quantitative estimate of drug-likeness (QED) is 0.832. The second kappa shape index (κ2) is 6.16. The number of hydrogen-bond donors (Lipinski definition) is 1. The summed E-state index contributed by atoms with van der Waals surface area (Å²) in [5, 5.41) is 0. The summed E-state index contributed by atoms with van der Waals surface area (Å²) in [7, 11) is -3.14. The van der Waals surface area contributed by atoms with Crippen LogP contribution in [-0.4, -0.2) is 31.9 Å². The van der Waals surface area contributed by atoms with E-state index >= 15 is 0 Å². The Bertz CT molecular complexity index is 533. The Labute approximate surface area is 114 Å². The molecular formula is C13H17NO4S. The van der Waals surface area contributed by atoms with Gasteiger partial charge in [0.15, 0.2) is 0 Å². The standard InChI is InChI=1S/C13H17NO4S/c1-2-7-14-9-11-6-4-3-5-10(11)8-12(14)13(15)18-19(16)17/h3-6,12,19H,2,7-9H2,1H3. The highest BCUT2D eigenvalue weighted by atomic mass is 32.2. The molecule has 1 aliphatic heterocycles. The van der Waals surface area contributed by atoms with E-state index in [0.717, 1.165) is 18.5 Å². The van der Waals surface area contributed by atoms with Crippen LogP contribution in [-0.2, 0) is 32.9 Å². The van der Waals surface area contributed by atoms with Gasteiger partial charge in [-0.05, 0) is 30.5 Å². The van der Waals surface area contributed by atoms with Gasteiger partial charge < -0.3 is 4.18 Å². The molecule has 1 atom stereocenters.